The quantitative estimate of drug-likeness (QED) is 0.431. The summed E-state index contributed by atoms with van der Waals surface area (Å²) in [5, 5.41) is 3.27. The van der Waals surface area contributed by atoms with Crippen molar-refractivity contribution in [3.63, 3.8) is 0 Å². The number of likely N-dealkylation sites (tertiary alicyclic amines) is 1. The van der Waals surface area contributed by atoms with E-state index in [4.69, 9.17) is 0 Å². The molecule has 8 heteroatoms. The number of aromatic nitrogens is 2. The van der Waals surface area contributed by atoms with E-state index in [1.54, 1.807) is 13.8 Å². The fourth-order valence-corrected chi connectivity index (χ4v) is 3.05. The van der Waals surface area contributed by atoms with Gasteiger partial charge in [0.05, 0.1) is 5.75 Å². The van der Waals surface area contributed by atoms with Crippen LogP contribution in [0.2, 0.25) is 0 Å². The molecule has 1 aliphatic heterocycles. The summed E-state index contributed by atoms with van der Waals surface area (Å²) in [6.07, 6.45) is 2.33. The highest BCUT2D eigenvalue weighted by atomic mass is 32.2. The lowest BCUT2D eigenvalue weighted by molar-refractivity contribution is -0.127. The molecule has 2 rings (SSSR count). The van der Waals surface area contributed by atoms with Gasteiger partial charge in [-0.15, -0.1) is 0 Å². The van der Waals surface area contributed by atoms with Gasteiger partial charge in [0, 0.05) is 37.3 Å². The van der Waals surface area contributed by atoms with Gasteiger partial charge in [-0.2, -0.15) is 0 Å². The molecule has 23 heavy (non-hydrogen) atoms. The molecule has 0 atom stereocenters. The van der Waals surface area contributed by atoms with Gasteiger partial charge in [-0.05, 0) is 26.7 Å². The molecule has 7 nitrogen and oxygen atoms in total. The van der Waals surface area contributed by atoms with Crippen molar-refractivity contribution in [3.8, 4) is 0 Å². The van der Waals surface area contributed by atoms with E-state index in [2.05, 4.69) is 15.3 Å². The molecule has 1 aromatic heterocycles. The lowest BCUT2D eigenvalue weighted by atomic mass is 10.3. The molecule has 0 aromatic carbocycles. The van der Waals surface area contributed by atoms with Gasteiger partial charge in [-0.3, -0.25) is 14.4 Å². The highest BCUT2D eigenvalue weighted by Gasteiger charge is 2.19. The number of nitrogens with zero attached hydrogens (tertiary/aromatic N) is 2. The monoisotopic (exact) mass is 338 g/mol. The number of rotatable bonds is 7. The van der Waals surface area contributed by atoms with Crippen LogP contribution in [0.4, 0.5) is 0 Å². The maximum absolute atomic E-state index is 11.8. The Morgan fingerprint density at radius 2 is 2.17 bits per heavy atom. The van der Waals surface area contributed by atoms with Crippen molar-refractivity contribution in [2.24, 2.45) is 0 Å². The number of hydrogen-bond donors (Lipinski definition) is 2. The predicted octanol–water partition coefficient (Wildman–Crippen LogP) is 0.608. The number of aromatic amines is 1. The molecular formula is C15H22N4O3S. The van der Waals surface area contributed by atoms with Crippen molar-refractivity contribution in [1.29, 1.82) is 0 Å². The third kappa shape index (κ3) is 5.09. The van der Waals surface area contributed by atoms with Crippen molar-refractivity contribution in [2.75, 3.05) is 25.4 Å². The molecule has 0 aliphatic carbocycles. The van der Waals surface area contributed by atoms with E-state index < -0.39 is 0 Å². The SMILES string of the molecule is Cc1nc(SCC(=O)NCCCN2CCCC2=O)[nH]c(=O)c1C. The number of aryl methyl sites for hydroxylation is 1. The molecule has 1 aromatic rings. The molecule has 2 amide bonds. The number of H-pyrrole nitrogens is 1. The summed E-state index contributed by atoms with van der Waals surface area (Å²) in [7, 11) is 0. The molecule has 0 saturated carbocycles. The van der Waals surface area contributed by atoms with Gasteiger partial charge in [0.2, 0.25) is 11.8 Å². The highest BCUT2D eigenvalue weighted by molar-refractivity contribution is 7.99. The van der Waals surface area contributed by atoms with Crippen LogP contribution in [0.15, 0.2) is 9.95 Å². The van der Waals surface area contributed by atoms with Gasteiger partial charge in [0.15, 0.2) is 5.16 Å². The van der Waals surface area contributed by atoms with Gasteiger partial charge >= 0.3 is 0 Å². The van der Waals surface area contributed by atoms with Crippen LogP contribution in [0, 0.1) is 13.8 Å². The normalized spacial score (nSPS) is 14.3. The van der Waals surface area contributed by atoms with Crippen LogP contribution in [0.5, 0.6) is 0 Å². The second-order valence-corrected chi connectivity index (χ2v) is 6.52. The zero-order valence-electron chi connectivity index (χ0n) is 13.5. The number of hydrogen-bond acceptors (Lipinski definition) is 5. The summed E-state index contributed by atoms with van der Waals surface area (Å²) in [6.45, 7) is 5.55. The average Bonchev–Trinajstić information content (AvgIpc) is 2.92. The van der Waals surface area contributed by atoms with Gasteiger partial charge < -0.3 is 15.2 Å². The summed E-state index contributed by atoms with van der Waals surface area (Å²) in [6, 6.07) is 0. The fraction of sp³-hybridized carbons (Fsp3) is 0.600. The Balaban J connectivity index is 1.67. The molecule has 1 fully saturated rings. The Morgan fingerprint density at radius 3 is 2.83 bits per heavy atom. The third-order valence-corrected chi connectivity index (χ3v) is 4.68. The topological polar surface area (TPSA) is 95.2 Å². The van der Waals surface area contributed by atoms with Crippen LogP contribution >= 0.6 is 11.8 Å². The smallest absolute Gasteiger partial charge is 0.254 e. The Kier molecular flexibility index (Phi) is 6.20. The maximum atomic E-state index is 11.8. The maximum Gasteiger partial charge on any atom is 0.254 e. The summed E-state index contributed by atoms with van der Waals surface area (Å²) in [5.41, 5.74) is 1.10. The number of amides is 2. The van der Waals surface area contributed by atoms with E-state index in [1.807, 2.05) is 4.90 Å². The first-order valence-corrected chi connectivity index (χ1v) is 8.70. The van der Waals surface area contributed by atoms with Gasteiger partial charge in [-0.25, -0.2) is 4.98 Å². The van der Waals surface area contributed by atoms with Gasteiger partial charge in [0.25, 0.3) is 5.56 Å². The molecule has 1 aliphatic rings. The standard InChI is InChI=1S/C15H22N4O3S/c1-10-11(2)17-15(18-14(10)22)23-9-12(20)16-6-4-8-19-7-3-5-13(19)21/h3-9H2,1-2H3,(H,16,20)(H,17,18,22). The summed E-state index contributed by atoms with van der Waals surface area (Å²) >= 11 is 1.21. The summed E-state index contributed by atoms with van der Waals surface area (Å²) < 4.78 is 0. The molecule has 126 valence electrons. The number of carbonyl (C=O) groups is 2. The molecule has 0 unspecified atom stereocenters. The highest BCUT2D eigenvalue weighted by Crippen LogP contribution is 2.12. The number of thioether (sulfide) groups is 1. The van der Waals surface area contributed by atoms with Crippen molar-refractivity contribution >= 4 is 23.6 Å². The van der Waals surface area contributed by atoms with Crippen LogP contribution in [0.25, 0.3) is 0 Å². The third-order valence-electron chi connectivity index (χ3n) is 3.81. The first kappa shape index (κ1) is 17.5. The zero-order chi connectivity index (χ0) is 16.8. The van der Waals surface area contributed by atoms with Crippen LogP contribution in [0.1, 0.15) is 30.5 Å². The fourth-order valence-electron chi connectivity index (χ4n) is 2.31. The van der Waals surface area contributed by atoms with Gasteiger partial charge in [0.1, 0.15) is 0 Å². The molecule has 1 saturated heterocycles. The average molecular weight is 338 g/mol. The Hall–Kier alpha value is -1.83. The van der Waals surface area contributed by atoms with E-state index >= 15 is 0 Å². The van der Waals surface area contributed by atoms with Crippen molar-refractivity contribution in [2.45, 2.75) is 38.3 Å². The summed E-state index contributed by atoms with van der Waals surface area (Å²) in [5.74, 6) is 0.300. The molecule has 2 heterocycles. The van der Waals surface area contributed by atoms with E-state index in [9.17, 15) is 14.4 Å². The largest absolute Gasteiger partial charge is 0.355 e. The molecule has 2 N–H and O–H groups in total. The lowest BCUT2D eigenvalue weighted by Gasteiger charge is -2.15. The minimum Gasteiger partial charge on any atom is -0.355 e. The second kappa shape index (κ2) is 8.14. The molecule has 0 bridgehead atoms. The number of carbonyl (C=O) groups excluding carboxylic acids is 2. The second-order valence-electron chi connectivity index (χ2n) is 5.56. The minimum absolute atomic E-state index is 0.108. The van der Waals surface area contributed by atoms with Gasteiger partial charge in [-0.1, -0.05) is 11.8 Å². The lowest BCUT2D eigenvalue weighted by Crippen LogP contribution is -2.31. The first-order valence-electron chi connectivity index (χ1n) is 7.72. The summed E-state index contributed by atoms with van der Waals surface area (Å²) in [4.78, 5) is 43.6. The van der Waals surface area contributed by atoms with Crippen LogP contribution < -0.4 is 10.9 Å². The van der Waals surface area contributed by atoms with Crippen molar-refractivity contribution in [3.05, 3.63) is 21.6 Å². The van der Waals surface area contributed by atoms with E-state index in [0.29, 0.717) is 35.9 Å². The molecule has 0 radical (unpaired) electrons. The minimum atomic E-state index is -0.171. The Morgan fingerprint density at radius 1 is 1.39 bits per heavy atom. The van der Waals surface area contributed by atoms with Crippen LogP contribution in [-0.4, -0.2) is 52.1 Å². The zero-order valence-corrected chi connectivity index (χ0v) is 14.3. The van der Waals surface area contributed by atoms with Crippen LogP contribution in [0.3, 0.4) is 0 Å². The van der Waals surface area contributed by atoms with Crippen LogP contribution in [-0.2, 0) is 9.59 Å². The van der Waals surface area contributed by atoms with E-state index in [-0.39, 0.29) is 23.1 Å². The molecular weight excluding hydrogens is 316 g/mol. The predicted molar refractivity (Wildman–Crippen MR) is 88.5 cm³/mol. The number of nitrogens with one attached hydrogen (secondary N) is 2. The van der Waals surface area contributed by atoms with Crippen molar-refractivity contribution in [1.82, 2.24) is 20.2 Å². The first-order chi connectivity index (χ1) is 11.0. The Bertz CT molecular complexity index is 644. The Labute approximate surface area is 139 Å². The van der Waals surface area contributed by atoms with E-state index in [1.165, 1.54) is 11.8 Å². The van der Waals surface area contributed by atoms with E-state index in [0.717, 1.165) is 19.4 Å². The molecule has 0 spiro atoms. The van der Waals surface area contributed by atoms with Crippen molar-refractivity contribution < 1.29 is 9.59 Å².